The third-order valence-electron chi connectivity index (χ3n) is 2.16. The zero-order chi connectivity index (χ0) is 14.5. The second-order valence-corrected chi connectivity index (χ2v) is 4.14. The molecule has 0 aliphatic heterocycles. The minimum absolute atomic E-state index is 0.0138. The number of benzene rings is 1. The normalized spacial score (nSPS) is 10.1. The molecule has 2 N–H and O–H groups in total. The Balaban J connectivity index is 2.29. The maximum absolute atomic E-state index is 8.99. The Labute approximate surface area is 116 Å². The van der Waals surface area contributed by atoms with E-state index in [0.717, 1.165) is 0 Å². The number of nitrogens with zero attached hydrogens (tertiary/aromatic N) is 4. The second kappa shape index (κ2) is 5.84. The predicted molar refractivity (Wildman–Crippen MR) is 71.2 cm³/mol. The van der Waals surface area contributed by atoms with E-state index in [4.69, 9.17) is 20.5 Å². The van der Waals surface area contributed by atoms with E-state index in [9.17, 15) is 0 Å². The highest BCUT2D eigenvalue weighted by molar-refractivity contribution is 5.43. The maximum Gasteiger partial charge on any atom is 0.330 e. The zero-order valence-electron chi connectivity index (χ0n) is 11.1. The maximum atomic E-state index is 8.99. The van der Waals surface area contributed by atoms with Gasteiger partial charge in [-0.15, -0.1) is 4.98 Å². The fourth-order valence-electron chi connectivity index (χ4n) is 1.41. The van der Waals surface area contributed by atoms with Gasteiger partial charge in [0.2, 0.25) is 5.95 Å². The van der Waals surface area contributed by atoms with Gasteiger partial charge in [0.15, 0.2) is 0 Å². The van der Waals surface area contributed by atoms with Gasteiger partial charge in [0.05, 0.1) is 11.7 Å². The Hall–Kier alpha value is -2.88. The van der Waals surface area contributed by atoms with Crippen molar-refractivity contribution in [3.8, 4) is 23.8 Å². The Morgan fingerprint density at radius 3 is 2.55 bits per heavy atom. The predicted octanol–water partition coefficient (Wildman–Crippen LogP) is 1.90. The number of hydrogen-bond acceptors (Lipinski definition) is 7. The van der Waals surface area contributed by atoms with Crippen LogP contribution < -0.4 is 15.2 Å². The zero-order valence-corrected chi connectivity index (χ0v) is 11.1. The number of nitrogen functional groups attached to an aromatic ring is 1. The van der Waals surface area contributed by atoms with Crippen LogP contribution in [0.1, 0.15) is 19.4 Å². The highest BCUT2D eigenvalue weighted by Crippen LogP contribution is 2.23. The van der Waals surface area contributed by atoms with Crippen molar-refractivity contribution in [3.63, 3.8) is 0 Å². The fraction of sp³-hybridized carbons (Fsp3) is 0.231. The minimum atomic E-state index is -0.101. The highest BCUT2D eigenvalue weighted by atomic mass is 16.5. The molecule has 2 aromatic rings. The molecule has 0 aliphatic carbocycles. The lowest BCUT2D eigenvalue weighted by molar-refractivity contribution is 0.219. The summed E-state index contributed by atoms with van der Waals surface area (Å²) in [7, 11) is 0. The number of anilines is 1. The summed E-state index contributed by atoms with van der Waals surface area (Å²) in [4.78, 5) is 11.7. The first-order valence-corrected chi connectivity index (χ1v) is 5.93. The van der Waals surface area contributed by atoms with Gasteiger partial charge in [0.1, 0.15) is 11.8 Å². The summed E-state index contributed by atoms with van der Waals surface area (Å²) in [5, 5.41) is 8.99. The second-order valence-electron chi connectivity index (χ2n) is 4.14. The van der Waals surface area contributed by atoms with Gasteiger partial charge in [-0.1, -0.05) is 12.1 Å². The molecule has 0 atom stereocenters. The van der Waals surface area contributed by atoms with Crippen LogP contribution in [-0.4, -0.2) is 21.1 Å². The molecule has 7 heteroatoms. The van der Waals surface area contributed by atoms with Crippen LogP contribution >= 0.6 is 0 Å². The Kier molecular flexibility index (Phi) is 3.96. The molecule has 0 spiro atoms. The monoisotopic (exact) mass is 271 g/mol. The minimum Gasteiger partial charge on any atom is -0.461 e. The fourth-order valence-corrected chi connectivity index (χ4v) is 1.41. The summed E-state index contributed by atoms with van der Waals surface area (Å²) in [6, 6.07) is 8.83. The molecule has 0 fully saturated rings. The Bertz CT molecular complexity index is 651. The van der Waals surface area contributed by atoms with Gasteiger partial charge in [-0.3, -0.25) is 0 Å². The molecule has 1 aromatic heterocycles. The van der Waals surface area contributed by atoms with Crippen LogP contribution in [0.2, 0.25) is 0 Å². The van der Waals surface area contributed by atoms with E-state index in [0.29, 0.717) is 11.3 Å². The quantitative estimate of drug-likeness (QED) is 0.904. The van der Waals surface area contributed by atoms with Gasteiger partial charge >= 0.3 is 12.0 Å². The topological polar surface area (TPSA) is 107 Å². The van der Waals surface area contributed by atoms with Crippen LogP contribution in [-0.2, 0) is 0 Å². The van der Waals surface area contributed by atoms with Gasteiger partial charge < -0.3 is 15.2 Å². The molecule has 0 radical (unpaired) electrons. The van der Waals surface area contributed by atoms with Crippen LogP contribution in [0.5, 0.6) is 17.8 Å². The van der Waals surface area contributed by atoms with Crippen molar-refractivity contribution in [2.75, 3.05) is 5.73 Å². The van der Waals surface area contributed by atoms with Crippen molar-refractivity contribution >= 4 is 5.95 Å². The van der Waals surface area contributed by atoms with Crippen LogP contribution in [0.25, 0.3) is 0 Å². The lowest BCUT2D eigenvalue weighted by atomic mass is 10.2. The van der Waals surface area contributed by atoms with Crippen molar-refractivity contribution in [1.82, 2.24) is 15.0 Å². The van der Waals surface area contributed by atoms with Crippen LogP contribution in [0.4, 0.5) is 5.95 Å². The highest BCUT2D eigenvalue weighted by Gasteiger charge is 2.11. The van der Waals surface area contributed by atoms with E-state index in [1.54, 1.807) is 24.3 Å². The van der Waals surface area contributed by atoms with Gasteiger partial charge in [0.25, 0.3) is 0 Å². The molecule has 20 heavy (non-hydrogen) atoms. The summed E-state index contributed by atoms with van der Waals surface area (Å²) in [6.45, 7) is 3.68. The van der Waals surface area contributed by atoms with Gasteiger partial charge in [-0.05, 0) is 26.0 Å². The number of para-hydroxylation sites is 1. The molecule has 0 saturated carbocycles. The summed E-state index contributed by atoms with van der Waals surface area (Å²) in [5.41, 5.74) is 5.95. The van der Waals surface area contributed by atoms with E-state index < -0.39 is 0 Å². The Morgan fingerprint density at radius 1 is 1.15 bits per heavy atom. The molecule has 0 amide bonds. The molecule has 0 aliphatic rings. The van der Waals surface area contributed by atoms with E-state index in [1.165, 1.54) is 0 Å². The van der Waals surface area contributed by atoms with Gasteiger partial charge in [-0.2, -0.15) is 15.2 Å². The number of rotatable bonds is 4. The number of ether oxygens (including phenoxy) is 2. The summed E-state index contributed by atoms with van der Waals surface area (Å²) >= 11 is 0. The van der Waals surface area contributed by atoms with E-state index >= 15 is 0 Å². The standard InChI is InChI=1S/C13H13N5O2/c1-8(2)19-12-16-11(15)17-13(18-12)20-10-6-4-3-5-9(10)7-14/h3-6,8H,1-2H3,(H2,15,16,17,18). The summed E-state index contributed by atoms with van der Waals surface area (Å²) in [5.74, 6) is 0.330. The molecule has 1 aromatic carbocycles. The SMILES string of the molecule is CC(C)Oc1nc(N)nc(Oc2ccccc2C#N)n1. The van der Waals surface area contributed by atoms with Crippen LogP contribution in [0, 0.1) is 11.3 Å². The lowest BCUT2D eigenvalue weighted by Crippen LogP contribution is -2.11. The van der Waals surface area contributed by atoms with Crippen molar-refractivity contribution in [2.24, 2.45) is 0 Å². The molecule has 0 saturated heterocycles. The molecule has 1 heterocycles. The first-order valence-electron chi connectivity index (χ1n) is 5.93. The van der Waals surface area contributed by atoms with E-state index in [2.05, 4.69) is 15.0 Å². The summed E-state index contributed by atoms with van der Waals surface area (Å²) < 4.78 is 10.8. The third-order valence-corrected chi connectivity index (χ3v) is 2.16. The van der Waals surface area contributed by atoms with E-state index in [1.807, 2.05) is 19.9 Å². The number of hydrogen-bond donors (Lipinski definition) is 1. The van der Waals surface area contributed by atoms with Crippen molar-refractivity contribution in [2.45, 2.75) is 20.0 Å². The smallest absolute Gasteiger partial charge is 0.330 e. The van der Waals surface area contributed by atoms with Gasteiger partial charge in [-0.25, -0.2) is 0 Å². The van der Waals surface area contributed by atoms with Crippen molar-refractivity contribution in [1.29, 1.82) is 5.26 Å². The van der Waals surface area contributed by atoms with Crippen molar-refractivity contribution in [3.05, 3.63) is 29.8 Å². The first kappa shape index (κ1) is 13.5. The number of aromatic nitrogens is 3. The molecule has 0 unspecified atom stereocenters. The average molecular weight is 271 g/mol. The van der Waals surface area contributed by atoms with E-state index in [-0.39, 0.29) is 24.1 Å². The molecular weight excluding hydrogens is 258 g/mol. The number of nitriles is 1. The largest absolute Gasteiger partial charge is 0.461 e. The third kappa shape index (κ3) is 3.32. The van der Waals surface area contributed by atoms with Gasteiger partial charge in [0, 0.05) is 0 Å². The Morgan fingerprint density at radius 2 is 1.85 bits per heavy atom. The van der Waals surface area contributed by atoms with Crippen molar-refractivity contribution < 1.29 is 9.47 Å². The van der Waals surface area contributed by atoms with Crippen LogP contribution in [0.3, 0.4) is 0 Å². The molecule has 2 rings (SSSR count). The molecule has 102 valence electrons. The molecular formula is C13H13N5O2. The first-order chi connectivity index (χ1) is 9.58. The average Bonchev–Trinajstić information content (AvgIpc) is 2.37. The molecule has 0 bridgehead atoms. The summed E-state index contributed by atoms with van der Waals surface area (Å²) in [6.07, 6.45) is -0.101. The molecule has 7 nitrogen and oxygen atoms in total. The lowest BCUT2D eigenvalue weighted by Gasteiger charge is -2.09. The number of nitrogens with two attached hydrogens (primary N) is 1. The van der Waals surface area contributed by atoms with Crippen LogP contribution in [0.15, 0.2) is 24.3 Å².